The number of aryl methyl sites for hydroxylation is 1. The van der Waals surface area contributed by atoms with Crippen LogP contribution in [0.4, 0.5) is 0 Å². The Morgan fingerprint density at radius 1 is 1.00 bits per heavy atom. The van der Waals surface area contributed by atoms with Gasteiger partial charge in [-0.2, -0.15) is 0 Å². The van der Waals surface area contributed by atoms with Gasteiger partial charge in [-0.3, -0.25) is 4.79 Å². The molecule has 3 heteroatoms. The molecule has 1 rings (SSSR count). The van der Waals surface area contributed by atoms with Gasteiger partial charge in [0, 0.05) is 4.88 Å². The molecule has 0 saturated carbocycles. The first-order valence-corrected chi connectivity index (χ1v) is 9.39. The average molecular weight is 311 g/mol. The van der Waals surface area contributed by atoms with Gasteiger partial charge >= 0.3 is 5.97 Å². The molecule has 0 spiro atoms. The summed E-state index contributed by atoms with van der Waals surface area (Å²) in [5.74, 6) is -0.721. The van der Waals surface area contributed by atoms with Crippen molar-refractivity contribution in [1.29, 1.82) is 0 Å². The Labute approximate surface area is 133 Å². The predicted octanol–water partition coefficient (Wildman–Crippen LogP) is 5.84. The van der Waals surface area contributed by atoms with Gasteiger partial charge in [-0.1, -0.05) is 64.7 Å². The second kappa shape index (κ2) is 11.8. The Morgan fingerprint density at radius 3 is 2.14 bits per heavy atom. The Morgan fingerprint density at radius 2 is 1.57 bits per heavy atom. The topological polar surface area (TPSA) is 37.3 Å². The van der Waals surface area contributed by atoms with Gasteiger partial charge in [0.1, 0.15) is 0 Å². The molecule has 1 aromatic heterocycles. The Hall–Kier alpha value is -0.830. The minimum absolute atomic E-state index is 0.185. The average Bonchev–Trinajstić information content (AvgIpc) is 2.87. The molecule has 0 saturated heterocycles. The highest BCUT2D eigenvalue weighted by atomic mass is 32.1. The number of aliphatic carboxylic acids is 1. The zero-order valence-corrected chi connectivity index (χ0v) is 14.2. The predicted molar refractivity (Wildman–Crippen MR) is 91.2 cm³/mol. The molecule has 0 fully saturated rings. The van der Waals surface area contributed by atoms with E-state index < -0.39 is 5.97 Å². The molecule has 1 N–H and O–H groups in total. The molecule has 0 unspecified atom stereocenters. The van der Waals surface area contributed by atoms with Crippen molar-refractivity contribution in [3.05, 3.63) is 21.9 Å². The van der Waals surface area contributed by atoms with Crippen LogP contribution in [0, 0.1) is 0 Å². The van der Waals surface area contributed by atoms with E-state index in [-0.39, 0.29) is 6.42 Å². The summed E-state index contributed by atoms with van der Waals surface area (Å²) in [6.07, 6.45) is 14.7. The summed E-state index contributed by atoms with van der Waals surface area (Å²) in [7, 11) is 0. The van der Waals surface area contributed by atoms with E-state index in [1.54, 1.807) is 11.3 Å². The lowest BCUT2D eigenvalue weighted by molar-refractivity contribution is -0.136. The van der Waals surface area contributed by atoms with Crippen molar-refractivity contribution in [2.75, 3.05) is 0 Å². The van der Waals surface area contributed by atoms with Crippen LogP contribution in [0.15, 0.2) is 11.4 Å². The summed E-state index contributed by atoms with van der Waals surface area (Å²) in [5, 5.41) is 10.9. The number of carbonyl (C=O) groups is 1. The lowest BCUT2D eigenvalue weighted by Gasteiger charge is -2.03. The third-order valence-electron chi connectivity index (χ3n) is 3.95. The van der Waals surface area contributed by atoms with E-state index in [4.69, 9.17) is 5.11 Å². The van der Waals surface area contributed by atoms with Crippen LogP contribution in [0.3, 0.4) is 0 Å². The Balaban J connectivity index is 1.99. The lowest BCUT2D eigenvalue weighted by Crippen LogP contribution is -2.00. The van der Waals surface area contributed by atoms with Gasteiger partial charge < -0.3 is 5.11 Å². The molecule has 1 aromatic rings. The van der Waals surface area contributed by atoms with Crippen molar-refractivity contribution in [2.24, 2.45) is 0 Å². The van der Waals surface area contributed by atoms with Crippen molar-refractivity contribution in [3.8, 4) is 0 Å². The molecule has 21 heavy (non-hydrogen) atoms. The Bertz CT molecular complexity index is 384. The van der Waals surface area contributed by atoms with Crippen molar-refractivity contribution in [1.82, 2.24) is 0 Å². The molecule has 0 aromatic carbocycles. The SMILES string of the molecule is CCCCCCCCCCCCc1ccsc1CC(=O)O. The van der Waals surface area contributed by atoms with Crippen molar-refractivity contribution >= 4 is 17.3 Å². The molecule has 0 aliphatic carbocycles. The fourth-order valence-corrected chi connectivity index (χ4v) is 3.61. The van der Waals surface area contributed by atoms with Crippen LogP contribution in [0.1, 0.15) is 81.6 Å². The van der Waals surface area contributed by atoms with Gasteiger partial charge in [0.25, 0.3) is 0 Å². The number of hydrogen-bond acceptors (Lipinski definition) is 2. The maximum absolute atomic E-state index is 10.8. The largest absolute Gasteiger partial charge is 0.481 e. The van der Waals surface area contributed by atoms with Gasteiger partial charge in [-0.25, -0.2) is 0 Å². The standard InChI is InChI=1S/C18H30O2S/c1-2-3-4-5-6-7-8-9-10-11-12-16-13-14-21-17(16)15-18(19)20/h13-14H,2-12,15H2,1H3,(H,19,20). The third-order valence-corrected chi connectivity index (χ3v) is 4.91. The molecular weight excluding hydrogens is 280 g/mol. The summed E-state index contributed by atoms with van der Waals surface area (Å²) in [6, 6.07) is 2.09. The normalized spacial score (nSPS) is 10.9. The maximum atomic E-state index is 10.8. The zero-order valence-electron chi connectivity index (χ0n) is 13.4. The van der Waals surface area contributed by atoms with Crippen LogP contribution >= 0.6 is 11.3 Å². The van der Waals surface area contributed by atoms with E-state index in [0.717, 1.165) is 11.3 Å². The van der Waals surface area contributed by atoms with Gasteiger partial charge in [-0.15, -0.1) is 11.3 Å². The fourth-order valence-electron chi connectivity index (χ4n) is 2.69. The molecule has 2 nitrogen and oxygen atoms in total. The van der Waals surface area contributed by atoms with E-state index in [0.29, 0.717) is 0 Å². The molecule has 0 aliphatic heterocycles. The Kier molecular flexibility index (Phi) is 10.2. The number of carboxylic acid groups (broad SMARTS) is 1. The molecule has 0 amide bonds. The molecule has 0 aliphatic rings. The first-order valence-electron chi connectivity index (χ1n) is 8.51. The number of thiophene rings is 1. The molecule has 1 heterocycles. The van der Waals surface area contributed by atoms with Crippen LogP contribution in [-0.2, 0) is 17.6 Å². The fraction of sp³-hybridized carbons (Fsp3) is 0.722. The third kappa shape index (κ3) is 8.92. The van der Waals surface area contributed by atoms with Crippen LogP contribution in [-0.4, -0.2) is 11.1 Å². The second-order valence-corrected chi connectivity index (χ2v) is 6.87. The number of hydrogen-bond donors (Lipinski definition) is 1. The van der Waals surface area contributed by atoms with Crippen molar-refractivity contribution in [3.63, 3.8) is 0 Å². The maximum Gasteiger partial charge on any atom is 0.308 e. The van der Waals surface area contributed by atoms with Gasteiger partial charge in [0.15, 0.2) is 0 Å². The summed E-state index contributed by atoms with van der Waals surface area (Å²) in [5.41, 5.74) is 1.25. The minimum atomic E-state index is -0.721. The van der Waals surface area contributed by atoms with E-state index in [2.05, 4.69) is 13.0 Å². The molecular formula is C18H30O2S. The van der Waals surface area contributed by atoms with E-state index >= 15 is 0 Å². The smallest absolute Gasteiger partial charge is 0.308 e. The van der Waals surface area contributed by atoms with Crippen LogP contribution in [0.25, 0.3) is 0 Å². The first kappa shape index (κ1) is 18.2. The highest BCUT2D eigenvalue weighted by Crippen LogP contribution is 2.20. The summed E-state index contributed by atoms with van der Waals surface area (Å²) < 4.78 is 0. The highest BCUT2D eigenvalue weighted by Gasteiger charge is 2.07. The molecule has 0 radical (unpaired) electrons. The van der Waals surface area contributed by atoms with Crippen LogP contribution in [0.5, 0.6) is 0 Å². The molecule has 0 bridgehead atoms. The van der Waals surface area contributed by atoms with Crippen molar-refractivity contribution < 1.29 is 9.90 Å². The van der Waals surface area contributed by atoms with Gasteiger partial charge in [-0.05, 0) is 29.9 Å². The van der Waals surface area contributed by atoms with Gasteiger partial charge in [0.2, 0.25) is 0 Å². The summed E-state index contributed by atoms with van der Waals surface area (Å²) >= 11 is 1.58. The zero-order chi connectivity index (χ0) is 15.3. The second-order valence-electron chi connectivity index (χ2n) is 5.87. The summed E-state index contributed by atoms with van der Waals surface area (Å²) in [6.45, 7) is 2.26. The van der Waals surface area contributed by atoms with Crippen molar-refractivity contribution in [2.45, 2.75) is 84.0 Å². The molecule has 0 atom stereocenters. The van der Waals surface area contributed by atoms with Gasteiger partial charge in [0.05, 0.1) is 6.42 Å². The van der Waals surface area contributed by atoms with Crippen LogP contribution in [0.2, 0.25) is 0 Å². The first-order chi connectivity index (χ1) is 10.2. The minimum Gasteiger partial charge on any atom is -0.481 e. The van der Waals surface area contributed by atoms with E-state index in [1.807, 2.05) is 5.38 Å². The number of unbranched alkanes of at least 4 members (excludes halogenated alkanes) is 9. The van der Waals surface area contributed by atoms with Crippen LogP contribution < -0.4 is 0 Å². The number of carboxylic acids is 1. The number of rotatable bonds is 13. The molecule has 120 valence electrons. The monoisotopic (exact) mass is 310 g/mol. The quantitative estimate of drug-likeness (QED) is 0.465. The highest BCUT2D eigenvalue weighted by molar-refractivity contribution is 7.10. The van der Waals surface area contributed by atoms with E-state index in [9.17, 15) is 4.79 Å². The lowest BCUT2D eigenvalue weighted by atomic mass is 10.0. The summed E-state index contributed by atoms with van der Waals surface area (Å²) in [4.78, 5) is 11.8. The van der Waals surface area contributed by atoms with E-state index in [1.165, 1.54) is 69.8 Å².